The summed E-state index contributed by atoms with van der Waals surface area (Å²) in [4.78, 5) is 31.7. The lowest BCUT2D eigenvalue weighted by molar-refractivity contribution is -0.136. The number of carbonyl (C=O) groups is 1. The molecular formula is C20H15ClN2O3S2. The third-order valence-electron chi connectivity index (χ3n) is 4.39. The summed E-state index contributed by atoms with van der Waals surface area (Å²) in [6, 6.07) is 10.5. The zero-order chi connectivity index (χ0) is 19.8. The van der Waals surface area contributed by atoms with Crippen molar-refractivity contribution in [2.75, 3.05) is 7.11 Å². The summed E-state index contributed by atoms with van der Waals surface area (Å²) >= 11 is 8.83. The fourth-order valence-electron chi connectivity index (χ4n) is 3.16. The highest BCUT2D eigenvalue weighted by molar-refractivity contribution is 7.10. The molecule has 0 radical (unpaired) electrons. The van der Waals surface area contributed by atoms with E-state index in [4.69, 9.17) is 16.3 Å². The summed E-state index contributed by atoms with van der Waals surface area (Å²) in [5, 5.41) is 2.52. The summed E-state index contributed by atoms with van der Waals surface area (Å²) in [5.74, 6) is -0.483. The van der Waals surface area contributed by atoms with Crippen molar-refractivity contribution < 1.29 is 9.53 Å². The number of halogens is 1. The molecule has 1 aromatic carbocycles. The van der Waals surface area contributed by atoms with Crippen molar-refractivity contribution in [3.8, 4) is 0 Å². The summed E-state index contributed by atoms with van der Waals surface area (Å²) in [5.41, 5.74) is 1.57. The van der Waals surface area contributed by atoms with Gasteiger partial charge in [0, 0.05) is 9.90 Å². The fraction of sp³-hybridized carbons (Fsp3) is 0.150. The lowest BCUT2D eigenvalue weighted by Crippen LogP contribution is -2.39. The predicted octanol–water partition coefficient (Wildman–Crippen LogP) is 3.12. The van der Waals surface area contributed by atoms with Gasteiger partial charge in [0.2, 0.25) is 0 Å². The zero-order valence-corrected chi connectivity index (χ0v) is 17.4. The molecule has 0 bridgehead atoms. The van der Waals surface area contributed by atoms with E-state index in [1.54, 1.807) is 29.7 Å². The largest absolute Gasteiger partial charge is 0.466 e. The maximum Gasteiger partial charge on any atom is 0.338 e. The number of thiazole rings is 1. The van der Waals surface area contributed by atoms with Gasteiger partial charge in [0.1, 0.15) is 6.04 Å². The van der Waals surface area contributed by atoms with Crippen LogP contribution in [0.15, 0.2) is 62.8 Å². The second kappa shape index (κ2) is 7.50. The number of esters is 1. The highest BCUT2D eigenvalue weighted by atomic mass is 35.5. The molecule has 142 valence electrons. The monoisotopic (exact) mass is 430 g/mol. The standard InChI is InChI=1S/C20H15ClN2O3S2/c1-11-16(19(25)26-2)17(14-7-4-8-27-14)23-18(24)15(28-20(23)22-11)10-12-5-3-6-13(21)9-12/h3-10,17H,1-2H3/b15-10-/t17-/m1/s1. The number of rotatable bonds is 3. The average Bonchev–Trinajstić information content (AvgIpc) is 3.29. The van der Waals surface area contributed by atoms with E-state index in [1.807, 2.05) is 29.6 Å². The van der Waals surface area contributed by atoms with Crippen LogP contribution >= 0.6 is 34.3 Å². The van der Waals surface area contributed by atoms with E-state index in [1.165, 1.54) is 29.8 Å². The molecule has 1 atom stereocenters. The SMILES string of the molecule is COC(=O)C1=C(C)N=c2s/c(=C\c3cccc(Cl)c3)c(=O)n2[C@@H]1c1cccs1. The van der Waals surface area contributed by atoms with Crippen molar-refractivity contribution >= 4 is 46.3 Å². The van der Waals surface area contributed by atoms with E-state index in [0.29, 0.717) is 25.6 Å². The molecule has 0 amide bonds. The van der Waals surface area contributed by atoms with Gasteiger partial charge in [-0.2, -0.15) is 0 Å². The molecule has 3 aromatic rings. The molecule has 4 rings (SSSR count). The Bertz CT molecular complexity index is 1270. The molecule has 0 saturated carbocycles. The van der Waals surface area contributed by atoms with E-state index >= 15 is 0 Å². The van der Waals surface area contributed by atoms with Crippen molar-refractivity contribution in [1.82, 2.24) is 4.57 Å². The predicted molar refractivity (Wildman–Crippen MR) is 112 cm³/mol. The fourth-order valence-corrected chi connectivity index (χ4v) is 5.23. The van der Waals surface area contributed by atoms with Crippen LogP contribution in [0.5, 0.6) is 0 Å². The number of carbonyl (C=O) groups excluding carboxylic acids is 1. The van der Waals surface area contributed by atoms with E-state index in [9.17, 15) is 9.59 Å². The van der Waals surface area contributed by atoms with Gasteiger partial charge in [-0.25, -0.2) is 9.79 Å². The minimum atomic E-state index is -0.551. The smallest absolute Gasteiger partial charge is 0.338 e. The van der Waals surface area contributed by atoms with Crippen molar-refractivity contribution in [2.24, 2.45) is 4.99 Å². The molecule has 0 unspecified atom stereocenters. The van der Waals surface area contributed by atoms with Gasteiger partial charge >= 0.3 is 5.97 Å². The third-order valence-corrected chi connectivity index (χ3v) is 6.53. The first-order chi connectivity index (χ1) is 13.5. The molecule has 28 heavy (non-hydrogen) atoms. The highest BCUT2D eigenvalue weighted by Gasteiger charge is 2.33. The Balaban J connectivity index is 1.97. The Morgan fingerprint density at radius 3 is 2.82 bits per heavy atom. The molecule has 1 aliphatic rings. The van der Waals surface area contributed by atoms with Crippen molar-refractivity contribution in [3.63, 3.8) is 0 Å². The number of aromatic nitrogens is 1. The van der Waals surface area contributed by atoms with Crippen LogP contribution in [0.2, 0.25) is 5.02 Å². The Morgan fingerprint density at radius 2 is 2.14 bits per heavy atom. The van der Waals surface area contributed by atoms with Crippen molar-refractivity contribution in [1.29, 1.82) is 0 Å². The molecule has 0 fully saturated rings. The van der Waals surface area contributed by atoms with Crippen LogP contribution in [0.3, 0.4) is 0 Å². The van der Waals surface area contributed by atoms with Gasteiger partial charge < -0.3 is 4.74 Å². The first kappa shape index (κ1) is 18.9. The molecule has 8 heteroatoms. The van der Waals surface area contributed by atoms with Gasteiger partial charge in [-0.3, -0.25) is 9.36 Å². The van der Waals surface area contributed by atoms with Crippen LogP contribution in [0.25, 0.3) is 6.08 Å². The minimum absolute atomic E-state index is 0.198. The number of benzene rings is 1. The Kier molecular flexibility index (Phi) is 5.05. The maximum atomic E-state index is 13.3. The average molecular weight is 431 g/mol. The van der Waals surface area contributed by atoms with Crippen LogP contribution in [-0.4, -0.2) is 17.6 Å². The first-order valence-corrected chi connectivity index (χ1v) is 10.5. The molecule has 0 spiro atoms. The van der Waals surface area contributed by atoms with E-state index in [2.05, 4.69) is 4.99 Å². The van der Waals surface area contributed by atoms with Gasteiger partial charge in [-0.1, -0.05) is 41.1 Å². The third kappa shape index (κ3) is 3.26. The second-order valence-electron chi connectivity index (χ2n) is 6.14. The summed E-state index contributed by atoms with van der Waals surface area (Å²) < 4.78 is 7.08. The van der Waals surface area contributed by atoms with Crippen LogP contribution in [-0.2, 0) is 9.53 Å². The first-order valence-electron chi connectivity index (χ1n) is 8.39. The van der Waals surface area contributed by atoms with E-state index in [-0.39, 0.29) is 5.56 Å². The van der Waals surface area contributed by atoms with Gasteiger partial charge in [0.15, 0.2) is 4.80 Å². The highest BCUT2D eigenvalue weighted by Crippen LogP contribution is 2.32. The number of fused-ring (bicyclic) bond motifs is 1. The van der Waals surface area contributed by atoms with E-state index in [0.717, 1.165) is 10.4 Å². The Hall–Kier alpha value is -2.48. The van der Waals surface area contributed by atoms with Crippen molar-refractivity contribution in [3.05, 3.63) is 88.2 Å². The summed E-state index contributed by atoms with van der Waals surface area (Å²) in [6.45, 7) is 1.76. The molecule has 3 heterocycles. The zero-order valence-electron chi connectivity index (χ0n) is 15.0. The topological polar surface area (TPSA) is 60.7 Å². The van der Waals surface area contributed by atoms with Gasteiger partial charge in [0.25, 0.3) is 5.56 Å². The minimum Gasteiger partial charge on any atom is -0.466 e. The quantitative estimate of drug-likeness (QED) is 0.600. The van der Waals surface area contributed by atoms with E-state index < -0.39 is 12.0 Å². The van der Waals surface area contributed by atoms with Crippen LogP contribution in [0, 0.1) is 0 Å². The number of thiophene rings is 1. The van der Waals surface area contributed by atoms with Gasteiger partial charge in [-0.05, 0) is 42.1 Å². The normalized spacial score (nSPS) is 16.7. The molecule has 0 saturated heterocycles. The van der Waals surface area contributed by atoms with Gasteiger partial charge in [-0.15, -0.1) is 11.3 Å². The van der Waals surface area contributed by atoms with Crippen LogP contribution in [0.4, 0.5) is 0 Å². The summed E-state index contributed by atoms with van der Waals surface area (Å²) in [7, 11) is 1.33. The number of nitrogens with zero attached hydrogens (tertiary/aromatic N) is 2. The lowest BCUT2D eigenvalue weighted by atomic mass is 10.0. The molecular weight excluding hydrogens is 416 g/mol. The molecule has 2 aromatic heterocycles. The number of allylic oxidation sites excluding steroid dienone is 1. The Labute approximate surface area is 173 Å². The number of hydrogen-bond donors (Lipinski definition) is 0. The van der Waals surface area contributed by atoms with Crippen LogP contribution < -0.4 is 14.9 Å². The maximum absolute atomic E-state index is 13.3. The Morgan fingerprint density at radius 1 is 1.32 bits per heavy atom. The van der Waals surface area contributed by atoms with Gasteiger partial charge in [0.05, 0.1) is 22.9 Å². The molecule has 0 aliphatic carbocycles. The molecule has 1 aliphatic heterocycles. The lowest BCUT2D eigenvalue weighted by Gasteiger charge is -2.22. The van der Waals surface area contributed by atoms with Crippen LogP contribution in [0.1, 0.15) is 23.4 Å². The molecule has 5 nitrogen and oxygen atoms in total. The second-order valence-corrected chi connectivity index (χ2v) is 8.57. The molecule has 0 N–H and O–H groups in total. The number of ether oxygens (including phenoxy) is 1. The van der Waals surface area contributed by atoms with Crippen molar-refractivity contribution in [2.45, 2.75) is 13.0 Å². The number of methoxy groups -OCH3 is 1. The number of hydrogen-bond acceptors (Lipinski definition) is 6. The summed E-state index contributed by atoms with van der Waals surface area (Å²) in [6.07, 6.45) is 1.79.